The van der Waals surface area contributed by atoms with Crippen LogP contribution in [0.4, 0.5) is 20.7 Å². The van der Waals surface area contributed by atoms with Gasteiger partial charge in [0.15, 0.2) is 11.6 Å². The van der Waals surface area contributed by atoms with E-state index in [0.29, 0.717) is 30.5 Å². The number of aromatic nitrogens is 2. The molecule has 0 radical (unpaired) electrons. The van der Waals surface area contributed by atoms with Crippen LogP contribution < -0.4 is 15.8 Å². The van der Waals surface area contributed by atoms with Crippen LogP contribution >= 0.6 is 0 Å². The molecule has 3 rings (SSSR count). The highest BCUT2D eigenvalue weighted by Gasteiger charge is 2.24. The number of likely N-dealkylation sites (tertiary alicyclic amines) is 1. The van der Waals surface area contributed by atoms with Gasteiger partial charge in [0.25, 0.3) is 0 Å². The van der Waals surface area contributed by atoms with Crippen molar-refractivity contribution in [3.8, 4) is 11.6 Å². The van der Waals surface area contributed by atoms with Gasteiger partial charge < -0.3 is 20.3 Å². The van der Waals surface area contributed by atoms with Gasteiger partial charge in [0.05, 0.1) is 0 Å². The zero-order chi connectivity index (χ0) is 20.1. The minimum absolute atomic E-state index is 0.00673. The third-order valence-corrected chi connectivity index (χ3v) is 4.48. The molecule has 0 saturated carbocycles. The van der Waals surface area contributed by atoms with Crippen LogP contribution in [0, 0.1) is 11.7 Å². The van der Waals surface area contributed by atoms with Crippen molar-refractivity contribution in [3.63, 3.8) is 0 Å². The van der Waals surface area contributed by atoms with Crippen LogP contribution in [-0.4, -0.2) is 59.5 Å². The molecule has 0 bridgehead atoms. The Labute approximate surface area is 163 Å². The molecule has 0 unspecified atom stereocenters. The number of urea groups is 1. The van der Waals surface area contributed by atoms with Crippen molar-refractivity contribution < 1.29 is 13.9 Å². The molecule has 9 heteroatoms. The molecule has 1 aliphatic heterocycles. The van der Waals surface area contributed by atoms with Crippen LogP contribution in [0.25, 0.3) is 0 Å². The number of halogens is 1. The van der Waals surface area contributed by atoms with Crippen molar-refractivity contribution in [2.45, 2.75) is 12.8 Å². The minimum atomic E-state index is -0.593. The first-order valence-corrected chi connectivity index (χ1v) is 9.16. The number of rotatable bonds is 5. The van der Waals surface area contributed by atoms with E-state index in [1.54, 1.807) is 4.90 Å². The molecule has 150 valence electrons. The summed E-state index contributed by atoms with van der Waals surface area (Å²) >= 11 is 0. The van der Waals surface area contributed by atoms with Crippen molar-refractivity contribution in [1.29, 1.82) is 0 Å². The van der Waals surface area contributed by atoms with Gasteiger partial charge in [-0.1, -0.05) is 0 Å². The van der Waals surface area contributed by atoms with Crippen LogP contribution in [0.15, 0.2) is 30.6 Å². The molecule has 28 heavy (non-hydrogen) atoms. The van der Waals surface area contributed by atoms with Gasteiger partial charge in [-0.05, 0) is 45.0 Å². The minimum Gasteiger partial charge on any atom is -0.436 e. The van der Waals surface area contributed by atoms with E-state index in [9.17, 15) is 9.18 Å². The topological polar surface area (TPSA) is 96.6 Å². The van der Waals surface area contributed by atoms with Gasteiger partial charge in [-0.3, -0.25) is 5.32 Å². The highest BCUT2D eigenvalue weighted by atomic mass is 19.1. The molecule has 2 aromatic rings. The summed E-state index contributed by atoms with van der Waals surface area (Å²) in [6.07, 6.45) is 3.34. The summed E-state index contributed by atoms with van der Waals surface area (Å²) in [5, 5.41) is 2.76. The van der Waals surface area contributed by atoms with Gasteiger partial charge in [-0.15, -0.1) is 0 Å². The van der Waals surface area contributed by atoms with E-state index in [4.69, 9.17) is 10.5 Å². The fraction of sp³-hybridized carbons (Fsp3) is 0.421. The third kappa shape index (κ3) is 5.29. The molecule has 0 spiro atoms. The number of carbonyl (C=O) groups excluding carboxylic acids is 1. The molecular weight excluding hydrogens is 363 g/mol. The van der Waals surface area contributed by atoms with Crippen molar-refractivity contribution >= 4 is 17.5 Å². The van der Waals surface area contributed by atoms with Gasteiger partial charge in [0, 0.05) is 37.5 Å². The number of amides is 2. The van der Waals surface area contributed by atoms with Crippen molar-refractivity contribution in [3.05, 3.63) is 36.4 Å². The fourth-order valence-electron chi connectivity index (χ4n) is 3.28. The Morgan fingerprint density at radius 3 is 2.96 bits per heavy atom. The van der Waals surface area contributed by atoms with Crippen LogP contribution in [0.2, 0.25) is 0 Å². The van der Waals surface area contributed by atoms with E-state index in [-0.39, 0.29) is 17.7 Å². The predicted molar refractivity (Wildman–Crippen MR) is 105 cm³/mol. The molecule has 2 amide bonds. The second-order valence-corrected chi connectivity index (χ2v) is 7.18. The van der Waals surface area contributed by atoms with Crippen LogP contribution in [0.5, 0.6) is 11.6 Å². The number of piperidine rings is 1. The first kappa shape index (κ1) is 19.8. The maximum absolute atomic E-state index is 13.9. The van der Waals surface area contributed by atoms with Gasteiger partial charge in [0.2, 0.25) is 5.88 Å². The molecule has 1 aromatic heterocycles. The van der Waals surface area contributed by atoms with E-state index in [2.05, 4.69) is 20.2 Å². The molecule has 1 fully saturated rings. The smallest absolute Gasteiger partial charge is 0.323 e. The number of nitrogens with zero attached hydrogens (tertiary/aromatic N) is 4. The number of hydrogen-bond acceptors (Lipinski definition) is 6. The lowest BCUT2D eigenvalue weighted by molar-refractivity contribution is 0.162. The lowest BCUT2D eigenvalue weighted by Gasteiger charge is -2.33. The second-order valence-electron chi connectivity index (χ2n) is 7.18. The molecule has 1 aliphatic rings. The van der Waals surface area contributed by atoms with E-state index in [1.807, 2.05) is 14.1 Å². The summed E-state index contributed by atoms with van der Waals surface area (Å²) in [6, 6.07) is 5.35. The number of nitrogens with two attached hydrogens (primary N) is 1. The van der Waals surface area contributed by atoms with Gasteiger partial charge in [-0.25, -0.2) is 19.2 Å². The van der Waals surface area contributed by atoms with Crippen LogP contribution in [-0.2, 0) is 0 Å². The average molecular weight is 388 g/mol. The van der Waals surface area contributed by atoms with Gasteiger partial charge >= 0.3 is 6.03 Å². The molecule has 8 nitrogen and oxygen atoms in total. The Morgan fingerprint density at radius 1 is 1.39 bits per heavy atom. The summed E-state index contributed by atoms with van der Waals surface area (Å²) in [7, 11) is 4.07. The van der Waals surface area contributed by atoms with E-state index >= 15 is 0 Å². The van der Waals surface area contributed by atoms with E-state index in [1.165, 1.54) is 30.6 Å². The Hall–Kier alpha value is -2.94. The summed E-state index contributed by atoms with van der Waals surface area (Å²) in [5.74, 6) is 0.267. The molecular formula is C19H25FN6O2. The number of nitrogens with one attached hydrogen (secondary N) is 1. The number of ether oxygens (including phenoxy) is 1. The molecule has 1 aromatic carbocycles. The fourth-order valence-corrected chi connectivity index (χ4v) is 3.28. The lowest BCUT2D eigenvalue weighted by Crippen LogP contribution is -2.44. The number of hydrogen-bond donors (Lipinski definition) is 2. The summed E-state index contributed by atoms with van der Waals surface area (Å²) in [5.41, 5.74) is 5.83. The van der Waals surface area contributed by atoms with Crippen molar-refractivity contribution in [1.82, 2.24) is 19.8 Å². The van der Waals surface area contributed by atoms with E-state index in [0.717, 1.165) is 19.4 Å². The van der Waals surface area contributed by atoms with Gasteiger partial charge in [-0.2, -0.15) is 0 Å². The molecule has 2 heterocycles. The Morgan fingerprint density at radius 2 is 2.21 bits per heavy atom. The molecule has 0 aliphatic carbocycles. The van der Waals surface area contributed by atoms with Crippen LogP contribution in [0.1, 0.15) is 12.8 Å². The predicted octanol–water partition coefficient (Wildman–Crippen LogP) is 2.80. The summed E-state index contributed by atoms with van der Waals surface area (Å²) in [6.45, 7) is 2.36. The standard InChI is InChI=1S/C19H25FN6O2/c1-25(2)10-13-4-3-7-26(11-13)19(27)24-17-9-18(23-12-22-17)28-16-6-5-14(21)8-15(16)20/h5-6,8-9,12-13H,3-4,7,10-11,21H2,1-2H3,(H,22,23,24,27)/t13-/m1/s1. The molecule has 1 atom stereocenters. The zero-order valence-electron chi connectivity index (χ0n) is 16.1. The van der Waals surface area contributed by atoms with Crippen molar-refractivity contribution in [2.24, 2.45) is 5.92 Å². The first-order chi connectivity index (χ1) is 13.4. The largest absolute Gasteiger partial charge is 0.436 e. The maximum Gasteiger partial charge on any atom is 0.323 e. The number of carbonyl (C=O) groups is 1. The second kappa shape index (κ2) is 8.83. The summed E-state index contributed by atoms with van der Waals surface area (Å²) < 4.78 is 19.3. The lowest BCUT2D eigenvalue weighted by atomic mass is 9.98. The van der Waals surface area contributed by atoms with Crippen molar-refractivity contribution in [2.75, 3.05) is 44.8 Å². The highest BCUT2D eigenvalue weighted by Crippen LogP contribution is 2.25. The average Bonchev–Trinajstić information content (AvgIpc) is 2.64. The Bertz CT molecular complexity index is 832. The first-order valence-electron chi connectivity index (χ1n) is 9.16. The molecule has 1 saturated heterocycles. The van der Waals surface area contributed by atoms with E-state index < -0.39 is 5.82 Å². The normalized spacial score (nSPS) is 16.9. The number of benzene rings is 1. The monoisotopic (exact) mass is 388 g/mol. The zero-order valence-corrected chi connectivity index (χ0v) is 16.1. The highest BCUT2D eigenvalue weighted by molar-refractivity contribution is 5.88. The number of anilines is 2. The summed E-state index contributed by atoms with van der Waals surface area (Å²) in [4.78, 5) is 24.5. The Kier molecular flexibility index (Phi) is 6.25. The molecule has 3 N–H and O–H groups in total. The quantitative estimate of drug-likeness (QED) is 0.765. The Balaban J connectivity index is 1.63. The third-order valence-electron chi connectivity index (χ3n) is 4.48. The van der Waals surface area contributed by atoms with Crippen LogP contribution in [0.3, 0.4) is 0 Å². The van der Waals surface area contributed by atoms with Gasteiger partial charge in [0.1, 0.15) is 12.1 Å². The SMILES string of the molecule is CN(C)C[C@H]1CCCN(C(=O)Nc2cc(Oc3ccc(N)cc3F)ncn2)C1. The maximum atomic E-state index is 13.9. The number of nitrogen functional groups attached to an aromatic ring is 1.